The van der Waals surface area contributed by atoms with Gasteiger partial charge in [-0.25, -0.2) is 4.39 Å². The van der Waals surface area contributed by atoms with E-state index in [4.69, 9.17) is 9.84 Å². The second-order valence-corrected chi connectivity index (χ2v) is 4.51. The number of carbonyl (C=O) groups excluding carboxylic acids is 1. The van der Waals surface area contributed by atoms with E-state index in [2.05, 4.69) is 5.32 Å². The average Bonchev–Trinajstić information content (AvgIpc) is 2.32. The van der Waals surface area contributed by atoms with Crippen molar-refractivity contribution < 1.29 is 23.8 Å². The third kappa shape index (κ3) is 3.94. The Hall–Kier alpha value is -1.17. The third-order valence-electron chi connectivity index (χ3n) is 3.15. The minimum atomic E-state index is -1.39. The van der Waals surface area contributed by atoms with Gasteiger partial charge in [0, 0.05) is 12.5 Å². The molecule has 0 amide bonds. The number of halogens is 1. The van der Waals surface area contributed by atoms with Crippen LogP contribution in [0.3, 0.4) is 0 Å². The molecule has 1 aliphatic heterocycles. The van der Waals surface area contributed by atoms with Crippen molar-refractivity contribution in [2.75, 3.05) is 19.7 Å². The maximum absolute atomic E-state index is 13.7. The summed E-state index contributed by atoms with van der Waals surface area (Å²) in [6.45, 7) is 2.75. The molecule has 5 nitrogen and oxygen atoms in total. The summed E-state index contributed by atoms with van der Waals surface area (Å²) in [7, 11) is 0. The highest BCUT2D eigenvalue weighted by molar-refractivity contribution is 5.94. The summed E-state index contributed by atoms with van der Waals surface area (Å²) in [5.74, 6) is -4.30. The Labute approximate surface area is 106 Å². The molecule has 3 unspecified atom stereocenters. The molecule has 0 aliphatic carbocycles. The van der Waals surface area contributed by atoms with E-state index in [1.165, 1.54) is 0 Å². The van der Waals surface area contributed by atoms with Crippen molar-refractivity contribution in [2.24, 2.45) is 11.8 Å². The van der Waals surface area contributed by atoms with Crippen LogP contribution in [0.5, 0.6) is 0 Å². The first-order chi connectivity index (χ1) is 8.57. The summed E-state index contributed by atoms with van der Waals surface area (Å²) in [6.07, 6.45) is 0.549. The summed E-state index contributed by atoms with van der Waals surface area (Å²) in [5.41, 5.74) is 0. The van der Waals surface area contributed by atoms with Crippen LogP contribution in [0, 0.1) is 11.8 Å². The van der Waals surface area contributed by atoms with Crippen molar-refractivity contribution in [1.82, 2.24) is 5.32 Å². The van der Waals surface area contributed by atoms with Crippen molar-refractivity contribution in [1.29, 1.82) is 0 Å². The van der Waals surface area contributed by atoms with Crippen molar-refractivity contribution in [2.45, 2.75) is 32.4 Å². The molecule has 1 rings (SSSR count). The van der Waals surface area contributed by atoms with Crippen LogP contribution in [0.4, 0.5) is 4.39 Å². The fraction of sp³-hybridized carbons (Fsp3) is 0.833. The van der Waals surface area contributed by atoms with E-state index in [-0.39, 0.29) is 13.2 Å². The number of carboxylic acid groups (broad SMARTS) is 1. The number of alkyl halides is 1. The van der Waals surface area contributed by atoms with Crippen LogP contribution < -0.4 is 5.32 Å². The molecule has 0 aromatic carbocycles. The average molecular weight is 261 g/mol. The van der Waals surface area contributed by atoms with Gasteiger partial charge >= 0.3 is 11.9 Å². The number of rotatable bonds is 6. The van der Waals surface area contributed by atoms with E-state index in [1.807, 2.05) is 6.92 Å². The Balaban J connectivity index is 2.63. The van der Waals surface area contributed by atoms with Gasteiger partial charge in [-0.1, -0.05) is 13.3 Å². The number of hydrogen-bond acceptors (Lipinski definition) is 4. The highest BCUT2D eigenvalue weighted by Gasteiger charge is 2.41. The molecule has 1 fully saturated rings. The second kappa shape index (κ2) is 7.31. The van der Waals surface area contributed by atoms with Gasteiger partial charge in [-0.3, -0.25) is 9.59 Å². The van der Waals surface area contributed by atoms with Crippen molar-refractivity contribution in [3.8, 4) is 0 Å². The minimum absolute atomic E-state index is 0.0939. The number of esters is 1. The van der Waals surface area contributed by atoms with E-state index >= 15 is 0 Å². The monoisotopic (exact) mass is 261 g/mol. The molecule has 1 heterocycles. The Bertz CT molecular complexity index is 298. The molecule has 0 radical (unpaired) electrons. The number of ether oxygens (including phenoxy) is 1. The van der Waals surface area contributed by atoms with Crippen LogP contribution in [0.25, 0.3) is 0 Å². The molecule has 0 aromatic heterocycles. The Morgan fingerprint density at radius 2 is 2.28 bits per heavy atom. The predicted octanol–water partition coefficient (Wildman–Crippen LogP) is 0.978. The molecule has 0 spiro atoms. The molecule has 0 bridgehead atoms. The molecule has 0 aromatic rings. The number of piperidine rings is 1. The first kappa shape index (κ1) is 14.9. The lowest BCUT2D eigenvalue weighted by Gasteiger charge is -2.29. The summed E-state index contributed by atoms with van der Waals surface area (Å²) < 4.78 is 18.6. The lowest BCUT2D eigenvalue weighted by atomic mass is 9.83. The molecule has 2 N–H and O–H groups in total. The number of hydrogen-bond donors (Lipinski definition) is 2. The van der Waals surface area contributed by atoms with Crippen molar-refractivity contribution in [3.05, 3.63) is 0 Å². The standard InChI is InChI=1S/C12H20FNO4/c1-2-3-6-18-12(17)10(11(15)16)8-4-5-14-7-9(8)13/h8-10,14H,2-7H2,1H3,(H,15,16). The SMILES string of the molecule is CCCCOC(=O)C(C(=O)O)C1CCNCC1F. The molecule has 6 heteroatoms. The lowest BCUT2D eigenvalue weighted by molar-refractivity contribution is -0.163. The van der Waals surface area contributed by atoms with Gasteiger partial charge in [-0.15, -0.1) is 0 Å². The number of aliphatic carboxylic acids is 1. The number of nitrogens with one attached hydrogen (secondary N) is 1. The summed E-state index contributed by atoms with van der Waals surface area (Å²) in [4.78, 5) is 22.8. The maximum Gasteiger partial charge on any atom is 0.320 e. The van der Waals surface area contributed by atoms with E-state index in [1.54, 1.807) is 0 Å². The minimum Gasteiger partial charge on any atom is -0.481 e. The predicted molar refractivity (Wildman–Crippen MR) is 62.9 cm³/mol. The summed E-state index contributed by atoms with van der Waals surface area (Å²) in [6, 6.07) is 0. The smallest absolute Gasteiger partial charge is 0.320 e. The van der Waals surface area contributed by atoms with E-state index in [9.17, 15) is 14.0 Å². The summed E-state index contributed by atoms with van der Waals surface area (Å²) >= 11 is 0. The Morgan fingerprint density at radius 3 is 2.83 bits per heavy atom. The molecule has 1 saturated heterocycles. The molecule has 1 aliphatic rings. The van der Waals surface area contributed by atoms with Gasteiger partial charge in [-0.2, -0.15) is 0 Å². The summed E-state index contributed by atoms with van der Waals surface area (Å²) in [5, 5.41) is 11.9. The molecular formula is C12H20FNO4. The van der Waals surface area contributed by atoms with Crippen LogP contribution in [-0.2, 0) is 14.3 Å². The third-order valence-corrected chi connectivity index (χ3v) is 3.15. The molecule has 104 valence electrons. The first-order valence-electron chi connectivity index (χ1n) is 6.32. The van der Waals surface area contributed by atoms with Gasteiger partial charge in [0.25, 0.3) is 0 Å². The zero-order chi connectivity index (χ0) is 13.5. The Kier molecular flexibility index (Phi) is 6.04. The highest BCUT2D eigenvalue weighted by Crippen LogP contribution is 2.26. The normalized spacial score (nSPS) is 25.4. The van der Waals surface area contributed by atoms with Gasteiger partial charge in [-0.05, 0) is 19.4 Å². The largest absolute Gasteiger partial charge is 0.481 e. The Morgan fingerprint density at radius 1 is 1.56 bits per heavy atom. The van der Waals surface area contributed by atoms with Gasteiger partial charge < -0.3 is 15.2 Å². The van der Waals surface area contributed by atoms with Gasteiger partial charge in [0.05, 0.1) is 6.61 Å². The van der Waals surface area contributed by atoms with Crippen LogP contribution in [0.2, 0.25) is 0 Å². The van der Waals surface area contributed by atoms with Gasteiger partial charge in [0.15, 0.2) is 5.92 Å². The van der Waals surface area contributed by atoms with E-state index < -0.39 is 29.9 Å². The fourth-order valence-electron chi connectivity index (χ4n) is 2.08. The molecule has 18 heavy (non-hydrogen) atoms. The van der Waals surface area contributed by atoms with Crippen molar-refractivity contribution >= 4 is 11.9 Å². The van der Waals surface area contributed by atoms with Gasteiger partial charge in [0.2, 0.25) is 0 Å². The molecule has 0 saturated carbocycles. The number of carbonyl (C=O) groups is 2. The first-order valence-corrected chi connectivity index (χ1v) is 6.32. The quantitative estimate of drug-likeness (QED) is 0.423. The van der Waals surface area contributed by atoms with Crippen molar-refractivity contribution in [3.63, 3.8) is 0 Å². The fourth-order valence-corrected chi connectivity index (χ4v) is 2.08. The number of unbranched alkanes of at least 4 members (excludes halogenated alkanes) is 1. The van der Waals surface area contributed by atoms with Crippen LogP contribution in [0.15, 0.2) is 0 Å². The van der Waals surface area contributed by atoms with Crippen LogP contribution in [0.1, 0.15) is 26.2 Å². The van der Waals surface area contributed by atoms with E-state index in [0.29, 0.717) is 19.4 Å². The highest BCUT2D eigenvalue weighted by atomic mass is 19.1. The van der Waals surface area contributed by atoms with E-state index in [0.717, 1.165) is 6.42 Å². The molecular weight excluding hydrogens is 241 g/mol. The van der Waals surface area contributed by atoms with Crippen LogP contribution in [-0.4, -0.2) is 42.9 Å². The zero-order valence-corrected chi connectivity index (χ0v) is 10.5. The maximum atomic E-state index is 13.7. The zero-order valence-electron chi connectivity index (χ0n) is 10.5. The number of carboxylic acids is 1. The van der Waals surface area contributed by atoms with Crippen LogP contribution >= 0.6 is 0 Å². The molecule has 3 atom stereocenters. The topological polar surface area (TPSA) is 75.6 Å². The second-order valence-electron chi connectivity index (χ2n) is 4.51. The van der Waals surface area contributed by atoms with Gasteiger partial charge in [0.1, 0.15) is 6.17 Å². The lowest BCUT2D eigenvalue weighted by Crippen LogP contribution is -2.46.